The third kappa shape index (κ3) is 3.94. The first-order valence-corrected chi connectivity index (χ1v) is 6.57. The van der Waals surface area contributed by atoms with Crippen LogP contribution in [0, 0.1) is 0 Å². The second-order valence-electron chi connectivity index (χ2n) is 4.83. The number of nitrogens with zero attached hydrogens (tertiary/aromatic N) is 3. The second-order valence-corrected chi connectivity index (χ2v) is 4.83. The molecule has 2 heterocycles. The maximum Gasteiger partial charge on any atom is 0.125 e. The zero-order chi connectivity index (χ0) is 12.8. The number of rotatable bonds is 5. The average Bonchev–Trinajstić information content (AvgIpc) is 2.42. The molecule has 0 spiro atoms. The molecule has 1 aliphatic heterocycles. The number of likely N-dealkylation sites (N-methyl/N-ethyl adjacent to an activating group) is 1. The first-order valence-electron chi connectivity index (χ1n) is 6.57. The van der Waals surface area contributed by atoms with Crippen molar-refractivity contribution in [3.05, 3.63) is 23.9 Å². The lowest BCUT2D eigenvalue weighted by Crippen LogP contribution is -2.45. The molecule has 1 aromatic heterocycles. The number of nitrogens with two attached hydrogens (primary N) is 1. The van der Waals surface area contributed by atoms with Crippen LogP contribution in [-0.2, 0) is 6.54 Å². The van der Waals surface area contributed by atoms with Crippen molar-refractivity contribution >= 4 is 5.82 Å². The molecule has 5 heteroatoms. The minimum Gasteiger partial charge on any atom is -0.369 e. The van der Waals surface area contributed by atoms with Crippen LogP contribution in [0.3, 0.4) is 0 Å². The zero-order valence-electron chi connectivity index (χ0n) is 11.1. The van der Waals surface area contributed by atoms with Crippen molar-refractivity contribution in [2.75, 3.05) is 51.6 Å². The summed E-state index contributed by atoms with van der Waals surface area (Å²) in [5.41, 5.74) is 6.61. The first-order chi connectivity index (χ1) is 8.78. The van der Waals surface area contributed by atoms with E-state index in [0.717, 1.165) is 37.6 Å². The molecular formula is C13H23N5. The summed E-state index contributed by atoms with van der Waals surface area (Å²) in [6, 6.07) is 4.01. The normalized spacial score (nSPS) is 17.9. The smallest absolute Gasteiger partial charge is 0.125 e. The first kappa shape index (κ1) is 13.3. The molecule has 0 atom stereocenters. The molecule has 0 amide bonds. The van der Waals surface area contributed by atoms with Gasteiger partial charge in [0.15, 0.2) is 0 Å². The van der Waals surface area contributed by atoms with E-state index >= 15 is 0 Å². The Hall–Kier alpha value is -1.17. The molecule has 3 N–H and O–H groups in total. The highest BCUT2D eigenvalue weighted by atomic mass is 15.2. The summed E-state index contributed by atoms with van der Waals surface area (Å²) in [5.74, 6) is 0.932. The van der Waals surface area contributed by atoms with Crippen LogP contribution >= 0.6 is 0 Å². The van der Waals surface area contributed by atoms with Crippen LogP contribution in [0.15, 0.2) is 18.3 Å². The fourth-order valence-electron chi connectivity index (χ4n) is 2.06. The Morgan fingerprint density at radius 3 is 2.67 bits per heavy atom. The van der Waals surface area contributed by atoms with E-state index in [9.17, 15) is 0 Å². The number of anilines is 1. The summed E-state index contributed by atoms with van der Waals surface area (Å²) in [5, 5.41) is 3.35. The van der Waals surface area contributed by atoms with Gasteiger partial charge in [-0.25, -0.2) is 4.98 Å². The second kappa shape index (κ2) is 6.68. The predicted molar refractivity (Wildman–Crippen MR) is 74.6 cm³/mol. The molecule has 0 radical (unpaired) electrons. The number of piperazine rings is 1. The summed E-state index contributed by atoms with van der Waals surface area (Å²) in [4.78, 5) is 9.19. The van der Waals surface area contributed by atoms with Crippen molar-refractivity contribution in [2.45, 2.75) is 6.54 Å². The van der Waals surface area contributed by atoms with Crippen LogP contribution in [0.4, 0.5) is 5.82 Å². The quantitative estimate of drug-likeness (QED) is 0.781. The van der Waals surface area contributed by atoms with Crippen LogP contribution < -0.4 is 11.1 Å². The van der Waals surface area contributed by atoms with E-state index in [-0.39, 0.29) is 0 Å². The lowest BCUT2D eigenvalue weighted by molar-refractivity contribution is 0.158. The van der Waals surface area contributed by atoms with Crippen molar-refractivity contribution < 1.29 is 0 Å². The molecule has 0 bridgehead atoms. The van der Waals surface area contributed by atoms with Gasteiger partial charge in [-0.1, -0.05) is 6.07 Å². The van der Waals surface area contributed by atoms with Crippen molar-refractivity contribution in [1.82, 2.24) is 14.8 Å². The van der Waals surface area contributed by atoms with Gasteiger partial charge in [0.25, 0.3) is 0 Å². The Balaban J connectivity index is 1.68. The third-order valence-electron chi connectivity index (χ3n) is 3.39. The molecule has 0 unspecified atom stereocenters. The van der Waals surface area contributed by atoms with E-state index < -0.39 is 0 Å². The molecule has 1 aliphatic rings. The zero-order valence-corrected chi connectivity index (χ0v) is 11.1. The van der Waals surface area contributed by atoms with E-state index in [1.165, 1.54) is 13.1 Å². The summed E-state index contributed by atoms with van der Waals surface area (Å²) in [6.45, 7) is 7.24. The van der Waals surface area contributed by atoms with Crippen LogP contribution in [0.25, 0.3) is 0 Å². The molecule has 100 valence electrons. The highest BCUT2D eigenvalue weighted by Gasteiger charge is 2.12. The van der Waals surface area contributed by atoms with Crippen molar-refractivity contribution in [3.8, 4) is 0 Å². The Labute approximate surface area is 109 Å². The Morgan fingerprint density at radius 2 is 2.06 bits per heavy atom. The summed E-state index contributed by atoms with van der Waals surface area (Å²) in [6.07, 6.45) is 1.83. The SMILES string of the molecule is CN1CCN(CCNc2ccc(CN)cn2)CC1. The van der Waals surface area contributed by atoms with Gasteiger partial charge >= 0.3 is 0 Å². The van der Waals surface area contributed by atoms with E-state index in [1.807, 2.05) is 18.3 Å². The lowest BCUT2D eigenvalue weighted by Gasteiger charge is -2.32. The number of hydrogen-bond donors (Lipinski definition) is 2. The minimum atomic E-state index is 0.550. The highest BCUT2D eigenvalue weighted by molar-refractivity contribution is 5.35. The summed E-state index contributed by atoms with van der Waals surface area (Å²) >= 11 is 0. The molecule has 0 saturated carbocycles. The Morgan fingerprint density at radius 1 is 1.28 bits per heavy atom. The van der Waals surface area contributed by atoms with Gasteiger partial charge in [0, 0.05) is 52.0 Å². The Kier molecular flexibility index (Phi) is 4.92. The summed E-state index contributed by atoms with van der Waals surface area (Å²) in [7, 11) is 2.18. The predicted octanol–water partition coefficient (Wildman–Crippen LogP) is 0.200. The fraction of sp³-hybridized carbons (Fsp3) is 0.615. The number of aromatic nitrogens is 1. The van der Waals surface area contributed by atoms with Crippen molar-refractivity contribution in [1.29, 1.82) is 0 Å². The van der Waals surface area contributed by atoms with Crippen LogP contribution in [0.1, 0.15) is 5.56 Å². The van der Waals surface area contributed by atoms with Gasteiger partial charge in [-0.2, -0.15) is 0 Å². The van der Waals surface area contributed by atoms with Crippen molar-refractivity contribution in [2.24, 2.45) is 5.73 Å². The lowest BCUT2D eigenvalue weighted by atomic mass is 10.3. The maximum atomic E-state index is 5.54. The van der Waals surface area contributed by atoms with Gasteiger partial charge < -0.3 is 16.0 Å². The van der Waals surface area contributed by atoms with Crippen LogP contribution in [-0.4, -0.2) is 61.1 Å². The van der Waals surface area contributed by atoms with Gasteiger partial charge in [0.05, 0.1) is 0 Å². The number of pyridine rings is 1. The number of hydrogen-bond acceptors (Lipinski definition) is 5. The molecule has 2 rings (SSSR count). The van der Waals surface area contributed by atoms with E-state index in [1.54, 1.807) is 0 Å². The van der Waals surface area contributed by atoms with Gasteiger partial charge in [-0.3, -0.25) is 4.90 Å². The van der Waals surface area contributed by atoms with Crippen LogP contribution in [0.5, 0.6) is 0 Å². The molecule has 0 aromatic carbocycles. The average molecular weight is 249 g/mol. The molecule has 1 fully saturated rings. The standard InChI is InChI=1S/C13H23N5/c1-17-6-8-18(9-7-17)5-4-15-13-3-2-12(10-14)11-16-13/h2-3,11H,4-10,14H2,1H3,(H,15,16). The van der Waals surface area contributed by atoms with Gasteiger partial charge in [0.2, 0.25) is 0 Å². The summed E-state index contributed by atoms with van der Waals surface area (Å²) < 4.78 is 0. The van der Waals surface area contributed by atoms with Gasteiger partial charge in [-0.05, 0) is 18.7 Å². The third-order valence-corrected chi connectivity index (χ3v) is 3.39. The van der Waals surface area contributed by atoms with Gasteiger partial charge in [0.1, 0.15) is 5.82 Å². The maximum absolute atomic E-state index is 5.54. The molecule has 1 aromatic rings. The topological polar surface area (TPSA) is 57.4 Å². The van der Waals surface area contributed by atoms with E-state index in [2.05, 4.69) is 27.1 Å². The molecule has 5 nitrogen and oxygen atoms in total. The van der Waals surface area contributed by atoms with E-state index in [0.29, 0.717) is 6.54 Å². The van der Waals surface area contributed by atoms with Crippen LogP contribution in [0.2, 0.25) is 0 Å². The molecule has 0 aliphatic carbocycles. The Bertz CT molecular complexity index is 343. The number of nitrogens with one attached hydrogen (secondary N) is 1. The minimum absolute atomic E-state index is 0.550. The van der Waals surface area contributed by atoms with Crippen molar-refractivity contribution in [3.63, 3.8) is 0 Å². The van der Waals surface area contributed by atoms with Gasteiger partial charge in [-0.15, -0.1) is 0 Å². The highest BCUT2D eigenvalue weighted by Crippen LogP contribution is 2.04. The molecular weight excluding hydrogens is 226 g/mol. The fourth-order valence-corrected chi connectivity index (χ4v) is 2.06. The van der Waals surface area contributed by atoms with E-state index in [4.69, 9.17) is 5.73 Å². The molecule has 1 saturated heterocycles. The largest absolute Gasteiger partial charge is 0.369 e. The molecule has 18 heavy (non-hydrogen) atoms. The monoisotopic (exact) mass is 249 g/mol.